The van der Waals surface area contributed by atoms with E-state index in [1.807, 2.05) is 30.3 Å². The molecule has 126 valence electrons. The highest BCUT2D eigenvalue weighted by Gasteiger charge is 2.31. The SMILES string of the molecule is FC(F)(F)Oc1ccc2[nH]c3c(Nc4ccccc4)ncnc3c2c1. The Bertz CT molecular complexity index is 1040. The minimum Gasteiger partial charge on any atom is -0.406 e. The molecule has 2 heterocycles. The number of fused-ring (bicyclic) bond motifs is 3. The standard InChI is InChI=1S/C17H11F3N4O/c18-17(19,20)25-11-6-7-13-12(8-11)14-15(24-13)16(22-9-21-14)23-10-4-2-1-3-5-10/h1-9,24H,(H,21,22,23). The van der Waals surface area contributed by atoms with Crippen molar-refractivity contribution in [1.82, 2.24) is 15.0 Å². The zero-order valence-corrected chi connectivity index (χ0v) is 12.6. The second-order valence-corrected chi connectivity index (χ2v) is 5.32. The molecule has 2 N–H and O–H groups in total. The summed E-state index contributed by atoms with van der Waals surface area (Å²) in [7, 11) is 0. The van der Waals surface area contributed by atoms with Gasteiger partial charge < -0.3 is 15.0 Å². The zero-order valence-electron chi connectivity index (χ0n) is 12.6. The van der Waals surface area contributed by atoms with Crippen LogP contribution < -0.4 is 10.1 Å². The molecule has 0 saturated heterocycles. The largest absolute Gasteiger partial charge is 0.573 e. The van der Waals surface area contributed by atoms with Gasteiger partial charge in [0.15, 0.2) is 5.82 Å². The van der Waals surface area contributed by atoms with Gasteiger partial charge in [-0.1, -0.05) is 18.2 Å². The van der Waals surface area contributed by atoms with Crippen LogP contribution in [0.1, 0.15) is 0 Å². The van der Waals surface area contributed by atoms with Crippen molar-refractivity contribution in [3.8, 4) is 5.75 Å². The van der Waals surface area contributed by atoms with Gasteiger partial charge in [0.05, 0.1) is 0 Å². The van der Waals surface area contributed by atoms with Crippen molar-refractivity contribution in [2.45, 2.75) is 6.36 Å². The maximum Gasteiger partial charge on any atom is 0.573 e. The molecule has 0 atom stereocenters. The topological polar surface area (TPSA) is 62.8 Å². The lowest BCUT2D eigenvalue weighted by atomic mass is 10.2. The molecule has 0 fully saturated rings. The first-order chi connectivity index (χ1) is 12.0. The number of ether oxygens (including phenoxy) is 1. The molecule has 0 unspecified atom stereocenters. The predicted octanol–water partition coefficient (Wildman–Crippen LogP) is 4.75. The Balaban J connectivity index is 1.81. The lowest BCUT2D eigenvalue weighted by Gasteiger charge is -2.08. The van der Waals surface area contributed by atoms with Gasteiger partial charge in [0.25, 0.3) is 0 Å². The first kappa shape index (κ1) is 15.3. The number of aromatic nitrogens is 3. The molecular formula is C17H11F3N4O. The highest BCUT2D eigenvalue weighted by Crippen LogP contribution is 2.32. The first-order valence-electron chi connectivity index (χ1n) is 7.34. The lowest BCUT2D eigenvalue weighted by Crippen LogP contribution is -2.16. The average molecular weight is 344 g/mol. The van der Waals surface area contributed by atoms with Gasteiger partial charge in [-0.15, -0.1) is 13.2 Å². The summed E-state index contributed by atoms with van der Waals surface area (Å²) in [4.78, 5) is 11.5. The fourth-order valence-electron chi connectivity index (χ4n) is 2.62. The molecule has 4 aromatic rings. The Labute approximate surface area is 139 Å². The van der Waals surface area contributed by atoms with Crippen LogP contribution in [0.4, 0.5) is 24.7 Å². The van der Waals surface area contributed by atoms with Crippen LogP contribution in [0.2, 0.25) is 0 Å². The monoisotopic (exact) mass is 344 g/mol. The van der Waals surface area contributed by atoms with Gasteiger partial charge in [-0.25, -0.2) is 9.97 Å². The Morgan fingerprint density at radius 2 is 1.80 bits per heavy atom. The smallest absolute Gasteiger partial charge is 0.406 e. The maximum atomic E-state index is 12.4. The highest BCUT2D eigenvalue weighted by molar-refractivity contribution is 6.08. The predicted molar refractivity (Wildman–Crippen MR) is 87.8 cm³/mol. The molecular weight excluding hydrogens is 333 g/mol. The van der Waals surface area contributed by atoms with E-state index < -0.39 is 6.36 Å². The molecule has 2 aromatic carbocycles. The van der Waals surface area contributed by atoms with E-state index in [0.29, 0.717) is 27.8 Å². The number of hydrogen-bond acceptors (Lipinski definition) is 4. The molecule has 0 aliphatic rings. The van der Waals surface area contributed by atoms with Crippen LogP contribution in [0.5, 0.6) is 5.75 Å². The van der Waals surface area contributed by atoms with Crippen molar-refractivity contribution in [3.63, 3.8) is 0 Å². The van der Waals surface area contributed by atoms with Crippen LogP contribution in [-0.2, 0) is 0 Å². The highest BCUT2D eigenvalue weighted by atomic mass is 19.4. The lowest BCUT2D eigenvalue weighted by molar-refractivity contribution is -0.274. The Morgan fingerprint density at radius 1 is 1.00 bits per heavy atom. The number of hydrogen-bond donors (Lipinski definition) is 2. The van der Waals surface area contributed by atoms with Gasteiger partial charge in [-0.05, 0) is 30.3 Å². The molecule has 0 radical (unpaired) electrons. The third-order valence-electron chi connectivity index (χ3n) is 3.62. The minimum atomic E-state index is -4.74. The number of alkyl halides is 3. The van der Waals surface area contributed by atoms with E-state index in [-0.39, 0.29) is 5.75 Å². The van der Waals surface area contributed by atoms with Crippen molar-refractivity contribution in [2.24, 2.45) is 0 Å². The second kappa shape index (κ2) is 5.66. The molecule has 0 aliphatic carbocycles. The fourth-order valence-corrected chi connectivity index (χ4v) is 2.62. The molecule has 25 heavy (non-hydrogen) atoms. The molecule has 0 bridgehead atoms. The third-order valence-corrected chi connectivity index (χ3v) is 3.62. The van der Waals surface area contributed by atoms with Crippen LogP contribution in [0, 0.1) is 0 Å². The molecule has 0 amide bonds. The van der Waals surface area contributed by atoms with E-state index in [1.165, 1.54) is 24.5 Å². The van der Waals surface area contributed by atoms with Crippen molar-refractivity contribution >= 4 is 33.4 Å². The summed E-state index contributed by atoms with van der Waals surface area (Å²) in [6.07, 6.45) is -3.38. The van der Waals surface area contributed by atoms with Crippen molar-refractivity contribution < 1.29 is 17.9 Å². The third kappa shape index (κ3) is 3.06. The average Bonchev–Trinajstić information content (AvgIpc) is 2.94. The van der Waals surface area contributed by atoms with E-state index in [4.69, 9.17) is 0 Å². The van der Waals surface area contributed by atoms with Crippen LogP contribution in [0.3, 0.4) is 0 Å². The van der Waals surface area contributed by atoms with Gasteiger partial charge in [0.2, 0.25) is 0 Å². The number of aromatic amines is 1. The summed E-state index contributed by atoms with van der Waals surface area (Å²) in [6.45, 7) is 0. The molecule has 0 saturated carbocycles. The number of H-pyrrole nitrogens is 1. The number of rotatable bonds is 3. The number of benzene rings is 2. The van der Waals surface area contributed by atoms with Gasteiger partial charge in [-0.2, -0.15) is 0 Å². The van der Waals surface area contributed by atoms with Gasteiger partial charge in [0.1, 0.15) is 23.1 Å². The number of anilines is 2. The molecule has 0 spiro atoms. The summed E-state index contributed by atoms with van der Waals surface area (Å²) in [5.74, 6) is 0.239. The van der Waals surface area contributed by atoms with Crippen LogP contribution in [-0.4, -0.2) is 21.3 Å². The number of nitrogens with one attached hydrogen (secondary N) is 2. The normalized spacial score (nSPS) is 11.8. The van der Waals surface area contributed by atoms with E-state index in [0.717, 1.165) is 5.69 Å². The summed E-state index contributed by atoms with van der Waals surface area (Å²) in [5.41, 5.74) is 2.59. The van der Waals surface area contributed by atoms with Crippen LogP contribution >= 0.6 is 0 Å². The van der Waals surface area contributed by atoms with Crippen molar-refractivity contribution in [3.05, 3.63) is 54.9 Å². The van der Waals surface area contributed by atoms with E-state index in [1.54, 1.807) is 0 Å². The summed E-state index contributed by atoms with van der Waals surface area (Å²) >= 11 is 0. The zero-order chi connectivity index (χ0) is 17.4. The molecule has 4 rings (SSSR count). The quantitative estimate of drug-likeness (QED) is 0.563. The first-order valence-corrected chi connectivity index (χ1v) is 7.34. The van der Waals surface area contributed by atoms with Gasteiger partial charge in [-0.3, -0.25) is 0 Å². The Kier molecular flexibility index (Phi) is 3.45. The molecule has 8 heteroatoms. The van der Waals surface area contributed by atoms with Crippen molar-refractivity contribution in [2.75, 3.05) is 5.32 Å². The van der Waals surface area contributed by atoms with Gasteiger partial charge in [0, 0.05) is 16.6 Å². The van der Waals surface area contributed by atoms with E-state index >= 15 is 0 Å². The molecule has 2 aromatic heterocycles. The Hall–Kier alpha value is -3.29. The molecule has 0 aliphatic heterocycles. The number of nitrogens with zero attached hydrogens (tertiary/aromatic N) is 2. The van der Waals surface area contributed by atoms with E-state index in [2.05, 4.69) is 25.0 Å². The second-order valence-electron chi connectivity index (χ2n) is 5.32. The van der Waals surface area contributed by atoms with Crippen molar-refractivity contribution in [1.29, 1.82) is 0 Å². The number of halogens is 3. The van der Waals surface area contributed by atoms with E-state index in [9.17, 15) is 13.2 Å². The maximum absolute atomic E-state index is 12.4. The summed E-state index contributed by atoms with van der Waals surface area (Å²) in [6, 6.07) is 13.5. The minimum absolute atomic E-state index is 0.294. The van der Waals surface area contributed by atoms with Crippen LogP contribution in [0.15, 0.2) is 54.9 Å². The fraction of sp³-hybridized carbons (Fsp3) is 0.0588. The van der Waals surface area contributed by atoms with Gasteiger partial charge >= 0.3 is 6.36 Å². The number of para-hydroxylation sites is 1. The van der Waals surface area contributed by atoms with Crippen LogP contribution in [0.25, 0.3) is 21.9 Å². The summed E-state index contributed by atoms with van der Waals surface area (Å²) in [5, 5.41) is 3.69. The summed E-state index contributed by atoms with van der Waals surface area (Å²) < 4.78 is 41.2. The molecule has 5 nitrogen and oxygen atoms in total. The Morgan fingerprint density at radius 3 is 2.56 bits per heavy atom.